The first-order chi connectivity index (χ1) is 12.5. The molecule has 0 spiro atoms. The molecule has 0 aliphatic carbocycles. The highest BCUT2D eigenvalue weighted by Crippen LogP contribution is 2.32. The summed E-state index contributed by atoms with van der Waals surface area (Å²) in [6.07, 6.45) is 0.867. The van der Waals surface area contributed by atoms with E-state index in [9.17, 15) is 4.79 Å². The Balaban J connectivity index is 1.67. The highest BCUT2D eigenvalue weighted by Gasteiger charge is 2.17. The van der Waals surface area contributed by atoms with Gasteiger partial charge in [0.25, 0.3) is 0 Å². The highest BCUT2D eigenvalue weighted by atomic mass is 16.5. The monoisotopic (exact) mass is 354 g/mol. The first-order valence-corrected chi connectivity index (χ1v) is 9.10. The Bertz CT molecular complexity index is 774. The SMILES string of the molecule is CC(C)c1ccccc1NC(=O)[C@@H](C)Nc1ccc2c(c1)OCCCO2. The van der Waals surface area contributed by atoms with E-state index in [0.717, 1.165) is 29.1 Å². The maximum atomic E-state index is 12.6. The number of para-hydroxylation sites is 1. The third-order valence-electron chi connectivity index (χ3n) is 4.36. The first-order valence-electron chi connectivity index (χ1n) is 9.10. The lowest BCUT2D eigenvalue weighted by Crippen LogP contribution is -2.32. The number of nitrogens with one attached hydrogen (secondary N) is 2. The molecule has 0 bridgehead atoms. The van der Waals surface area contributed by atoms with Gasteiger partial charge in [-0.05, 0) is 36.6 Å². The van der Waals surface area contributed by atoms with Crippen LogP contribution in [-0.4, -0.2) is 25.2 Å². The summed E-state index contributed by atoms with van der Waals surface area (Å²) in [5.41, 5.74) is 2.82. The van der Waals surface area contributed by atoms with Gasteiger partial charge in [-0.3, -0.25) is 4.79 Å². The zero-order valence-corrected chi connectivity index (χ0v) is 15.5. The number of benzene rings is 2. The van der Waals surface area contributed by atoms with Crippen LogP contribution in [0.1, 0.15) is 38.7 Å². The Kier molecular flexibility index (Phi) is 5.66. The van der Waals surface area contributed by atoms with E-state index in [1.165, 1.54) is 0 Å². The van der Waals surface area contributed by atoms with Crippen LogP contribution in [0.2, 0.25) is 0 Å². The molecule has 0 saturated heterocycles. The van der Waals surface area contributed by atoms with Crippen LogP contribution in [0, 0.1) is 0 Å². The summed E-state index contributed by atoms with van der Waals surface area (Å²) >= 11 is 0. The van der Waals surface area contributed by atoms with Gasteiger partial charge in [0.05, 0.1) is 13.2 Å². The third kappa shape index (κ3) is 4.28. The minimum Gasteiger partial charge on any atom is -0.490 e. The molecule has 0 radical (unpaired) electrons. The molecular weight excluding hydrogens is 328 g/mol. The highest BCUT2D eigenvalue weighted by molar-refractivity contribution is 5.97. The van der Waals surface area contributed by atoms with Gasteiger partial charge in [0.1, 0.15) is 6.04 Å². The normalized spacial score (nSPS) is 14.5. The topological polar surface area (TPSA) is 59.6 Å². The number of rotatable bonds is 5. The zero-order chi connectivity index (χ0) is 18.5. The van der Waals surface area contributed by atoms with Crippen molar-refractivity contribution in [1.82, 2.24) is 0 Å². The van der Waals surface area contributed by atoms with Crippen molar-refractivity contribution in [2.24, 2.45) is 0 Å². The number of carbonyl (C=O) groups is 1. The Morgan fingerprint density at radius 3 is 2.50 bits per heavy atom. The van der Waals surface area contributed by atoms with Gasteiger partial charge >= 0.3 is 0 Å². The molecule has 2 aromatic rings. The van der Waals surface area contributed by atoms with Crippen molar-refractivity contribution in [2.75, 3.05) is 23.8 Å². The maximum Gasteiger partial charge on any atom is 0.246 e. The van der Waals surface area contributed by atoms with Gasteiger partial charge in [0, 0.05) is 23.9 Å². The number of hydrogen-bond donors (Lipinski definition) is 2. The van der Waals surface area contributed by atoms with E-state index in [2.05, 4.69) is 24.5 Å². The minimum atomic E-state index is -0.389. The molecule has 1 atom stereocenters. The quantitative estimate of drug-likeness (QED) is 0.835. The summed E-state index contributed by atoms with van der Waals surface area (Å²) in [6, 6.07) is 13.2. The number of hydrogen-bond acceptors (Lipinski definition) is 4. The standard InChI is InChI=1S/C21H26N2O3/c1-14(2)17-7-4-5-8-18(17)23-21(24)15(3)22-16-9-10-19-20(13-16)26-12-6-11-25-19/h4-5,7-10,13-15,22H,6,11-12H2,1-3H3,(H,23,24)/t15-/m1/s1. The Morgan fingerprint density at radius 1 is 1.00 bits per heavy atom. The lowest BCUT2D eigenvalue weighted by Gasteiger charge is -2.19. The van der Waals surface area contributed by atoms with Crippen LogP contribution in [0.5, 0.6) is 11.5 Å². The number of fused-ring (bicyclic) bond motifs is 1. The van der Waals surface area contributed by atoms with E-state index in [-0.39, 0.29) is 11.9 Å². The van der Waals surface area contributed by atoms with Crippen molar-refractivity contribution in [1.29, 1.82) is 0 Å². The number of anilines is 2. The van der Waals surface area contributed by atoms with Crippen LogP contribution in [0.3, 0.4) is 0 Å². The van der Waals surface area contributed by atoms with Crippen LogP contribution >= 0.6 is 0 Å². The van der Waals surface area contributed by atoms with Crippen molar-refractivity contribution in [3.63, 3.8) is 0 Å². The van der Waals surface area contributed by atoms with Gasteiger partial charge in [-0.25, -0.2) is 0 Å². The van der Waals surface area contributed by atoms with Crippen molar-refractivity contribution in [2.45, 2.75) is 39.2 Å². The fourth-order valence-electron chi connectivity index (χ4n) is 2.92. The van der Waals surface area contributed by atoms with Crippen molar-refractivity contribution in [3.8, 4) is 11.5 Å². The van der Waals surface area contributed by atoms with Crippen LogP contribution in [-0.2, 0) is 4.79 Å². The Labute approximate surface area is 154 Å². The molecule has 1 aliphatic heterocycles. The summed E-state index contributed by atoms with van der Waals surface area (Å²) in [4.78, 5) is 12.6. The molecule has 5 nitrogen and oxygen atoms in total. The Morgan fingerprint density at radius 2 is 1.73 bits per heavy atom. The predicted molar refractivity (Wildman–Crippen MR) is 104 cm³/mol. The van der Waals surface area contributed by atoms with Crippen molar-refractivity contribution < 1.29 is 14.3 Å². The predicted octanol–water partition coefficient (Wildman–Crippen LogP) is 4.41. The van der Waals surface area contributed by atoms with Crippen molar-refractivity contribution in [3.05, 3.63) is 48.0 Å². The summed E-state index contributed by atoms with van der Waals surface area (Å²) < 4.78 is 11.3. The van der Waals surface area contributed by atoms with Crippen LogP contribution in [0.4, 0.5) is 11.4 Å². The van der Waals surface area contributed by atoms with Gasteiger partial charge < -0.3 is 20.1 Å². The third-order valence-corrected chi connectivity index (χ3v) is 4.36. The summed E-state index contributed by atoms with van der Waals surface area (Å²) in [5, 5.41) is 6.26. The average molecular weight is 354 g/mol. The van der Waals surface area contributed by atoms with Crippen LogP contribution in [0.25, 0.3) is 0 Å². The molecule has 1 aliphatic rings. The van der Waals surface area contributed by atoms with E-state index < -0.39 is 0 Å². The number of amides is 1. The average Bonchev–Trinajstić information content (AvgIpc) is 2.86. The summed E-state index contributed by atoms with van der Waals surface area (Å²) in [7, 11) is 0. The van der Waals surface area contributed by atoms with E-state index in [4.69, 9.17) is 9.47 Å². The summed E-state index contributed by atoms with van der Waals surface area (Å²) in [6.45, 7) is 7.37. The number of carbonyl (C=O) groups excluding carboxylic acids is 1. The second-order valence-electron chi connectivity index (χ2n) is 6.81. The molecule has 2 N–H and O–H groups in total. The molecule has 26 heavy (non-hydrogen) atoms. The van der Waals surface area contributed by atoms with Crippen LogP contribution < -0.4 is 20.1 Å². The molecule has 1 heterocycles. The fraction of sp³-hybridized carbons (Fsp3) is 0.381. The van der Waals surface area contributed by atoms with Gasteiger partial charge in [-0.15, -0.1) is 0 Å². The maximum absolute atomic E-state index is 12.6. The molecule has 1 amide bonds. The van der Waals surface area contributed by atoms with Crippen molar-refractivity contribution >= 4 is 17.3 Å². The van der Waals surface area contributed by atoms with Gasteiger partial charge in [-0.2, -0.15) is 0 Å². The molecule has 0 fully saturated rings. The minimum absolute atomic E-state index is 0.0785. The molecule has 0 aromatic heterocycles. The summed E-state index contributed by atoms with van der Waals surface area (Å²) in [5.74, 6) is 1.72. The smallest absolute Gasteiger partial charge is 0.246 e. The van der Waals surface area contributed by atoms with E-state index >= 15 is 0 Å². The first kappa shape index (κ1) is 18.1. The zero-order valence-electron chi connectivity index (χ0n) is 15.5. The molecule has 138 valence electrons. The second kappa shape index (κ2) is 8.13. The molecular formula is C21H26N2O3. The molecule has 0 saturated carbocycles. The second-order valence-corrected chi connectivity index (χ2v) is 6.81. The largest absolute Gasteiger partial charge is 0.490 e. The lowest BCUT2D eigenvalue weighted by molar-refractivity contribution is -0.116. The van der Waals surface area contributed by atoms with Gasteiger partial charge in [0.15, 0.2) is 11.5 Å². The lowest BCUT2D eigenvalue weighted by atomic mass is 10.0. The molecule has 5 heteroatoms. The molecule has 0 unspecified atom stereocenters. The van der Waals surface area contributed by atoms with Gasteiger partial charge in [-0.1, -0.05) is 32.0 Å². The molecule has 2 aromatic carbocycles. The van der Waals surface area contributed by atoms with Gasteiger partial charge in [0.2, 0.25) is 5.91 Å². The van der Waals surface area contributed by atoms with E-state index in [0.29, 0.717) is 24.9 Å². The Hall–Kier alpha value is -2.69. The van der Waals surface area contributed by atoms with Crippen LogP contribution in [0.15, 0.2) is 42.5 Å². The van der Waals surface area contributed by atoms with E-state index in [1.807, 2.05) is 49.4 Å². The molecule has 3 rings (SSSR count). The van der Waals surface area contributed by atoms with E-state index in [1.54, 1.807) is 0 Å². The number of ether oxygens (including phenoxy) is 2. The fourth-order valence-corrected chi connectivity index (χ4v) is 2.92.